The van der Waals surface area contributed by atoms with E-state index < -0.39 is 0 Å². The number of halogens is 1. The maximum atomic E-state index is 13.3. The summed E-state index contributed by atoms with van der Waals surface area (Å²) in [6, 6.07) is 6.94. The molecular formula is C19H22FN3OS. The number of rotatable bonds is 2. The first-order chi connectivity index (χ1) is 12.1. The Labute approximate surface area is 151 Å². The first kappa shape index (κ1) is 16.6. The Bertz CT molecular complexity index is 781. The van der Waals surface area contributed by atoms with E-state index >= 15 is 0 Å². The number of hydrogen-bond donors (Lipinski definition) is 1. The van der Waals surface area contributed by atoms with Gasteiger partial charge >= 0.3 is 0 Å². The van der Waals surface area contributed by atoms with Gasteiger partial charge in [-0.2, -0.15) is 5.10 Å². The van der Waals surface area contributed by atoms with E-state index in [1.165, 1.54) is 31.4 Å². The number of nitrogens with one attached hydrogen (secondary N) is 1. The summed E-state index contributed by atoms with van der Waals surface area (Å²) in [7, 11) is 0. The van der Waals surface area contributed by atoms with E-state index in [9.17, 15) is 9.18 Å². The van der Waals surface area contributed by atoms with Crippen molar-refractivity contribution in [3.63, 3.8) is 0 Å². The summed E-state index contributed by atoms with van der Waals surface area (Å²) in [4.78, 5) is 12.3. The van der Waals surface area contributed by atoms with Crippen LogP contribution in [0.5, 0.6) is 0 Å². The van der Waals surface area contributed by atoms with Gasteiger partial charge in [0.15, 0.2) is 0 Å². The smallest absolute Gasteiger partial charge is 0.235 e. The molecule has 4 nitrogen and oxygen atoms in total. The van der Waals surface area contributed by atoms with Crippen molar-refractivity contribution in [3.8, 4) is 0 Å². The first-order valence-electron chi connectivity index (χ1n) is 8.89. The zero-order valence-corrected chi connectivity index (χ0v) is 15.1. The predicted molar refractivity (Wildman–Crippen MR) is 98.4 cm³/mol. The molecule has 1 aromatic carbocycles. The van der Waals surface area contributed by atoms with Crippen molar-refractivity contribution in [2.45, 2.75) is 50.3 Å². The third-order valence-electron chi connectivity index (χ3n) is 5.13. The summed E-state index contributed by atoms with van der Waals surface area (Å²) < 4.78 is 15.4. The number of benzene rings is 1. The van der Waals surface area contributed by atoms with Crippen LogP contribution < -0.4 is 5.32 Å². The highest BCUT2D eigenvalue weighted by Crippen LogP contribution is 2.44. The Morgan fingerprint density at radius 1 is 1.20 bits per heavy atom. The number of nitrogens with zero attached hydrogens (tertiary/aromatic N) is 2. The van der Waals surface area contributed by atoms with Gasteiger partial charge in [0.2, 0.25) is 5.91 Å². The lowest BCUT2D eigenvalue weighted by atomic mass is 9.95. The van der Waals surface area contributed by atoms with E-state index in [1.54, 1.807) is 11.8 Å². The lowest BCUT2D eigenvalue weighted by molar-refractivity contribution is -0.113. The summed E-state index contributed by atoms with van der Waals surface area (Å²) in [6.07, 6.45) is 5.92. The largest absolute Gasteiger partial charge is 0.310 e. The van der Waals surface area contributed by atoms with Gasteiger partial charge in [-0.15, -0.1) is 11.8 Å². The van der Waals surface area contributed by atoms with Crippen LogP contribution in [0, 0.1) is 12.7 Å². The SMILES string of the molecule is Cc1nn(C2CCCCC2)c2c1[C@@H](c1ccc(F)cc1)SCC(=O)N2. The Balaban J connectivity index is 1.79. The number of hydrogen-bond acceptors (Lipinski definition) is 3. The Kier molecular flexibility index (Phi) is 4.54. The lowest BCUT2D eigenvalue weighted by Crippen LogP contribution is -2.20. The topological polar surface area (TPSA) is 46.9 Å². The fourth-order valence-electron chi connectivity index (χ4n) is 3.90. The van der Waals surface area contributed by atoms with Gasteiger partial charge in [-0.25, -0.2) is 9.07 Å². The van der Waals surface area contributed by atoms with E-state index in [4.69, 9.17) is 5.10 Å². The number of anilines is 1. The third-order valence-corrected chi connectivity index (χ3v) is 6.40. The summed E-state index contributed by atoms with van der Waals surface area (Å²) in [5.74, 6) is 0.994. The Morgan fingerprint density at radius 2 is 1.92 bits per heavy atom. The number of aromatic nitrogens is 2. The number of amides is 1. The van der Waals surface area contributed by atoms with Crippen LogP contribution in [0.15, 0.2) is 24.3 Å². The van der Waals surface area contributed by atoms with Gasteiger partial charge in [-0.1, -0.05) is 31.4 Å². The van der Waals surface area contributed by atoms with Crippen LogP contribution >= 0.6 is 11.8 Å². The zero-order chi connectivity index (χ0) is 17.4. The van der Waals surface area contributed by atoms with Crippen molar-refractivity contribution in [2.24, 2.45) is 0 Å². The van der Waals surface area contributed by atoms with Crippen molar-refractivity contribution >= 4 is 23.5 Å². The Hall–Kier alpha value is -1.82. The van der Waals surface area contributed by atoms with E-state index in [0.29, 0.717) is 11.8 Å². The number of fused-ring (bicyclic) bond motifs is 1. The summed E-state index contributed by atoms with van der Waals surface area (Å²) in [5, 5.41) is 7.88. The molecule has 6 heteroatoms. The fraction of sp³-hybridized carbons (Fsp3) is 0.474. The maximum absolute atomic E-state index is 13.3. The molecule has 1 amide bonds. The van der Waals surface area contributed by atoms with Crippen LogP contribution in [0.25, 0.3) is 0 Å². The van der Waals surface area contributed by atoms with Crippen molar-refractivity contribution in [1.82, 2.24) is 9.78 Å². The third kappa shape index (κ3) is 3.19. The average Bonchev–Trinajstić information content (AvgIpc) is 2.83. The molecule has 132 valence electrons. The molecule has 1 atom stereocenters. The molecule has 25 heavy (non-hydrogen) atoms. The second-order valence-electron chi connectivity index (χ2n) is 6.87. The van der Waals surface area contributed by atoms with Crippen LogP contribution in [0.3, 0.4) is 0 Å². The highest BCUT2D eigenvalue weighted by Gasteiger charge is 2.32. The van der Waals surface area contributed by atoms with Crippen LogP contribution in [0.1, 0.15) is 60.2 Å². The molecule has 1 aliphatic heterocycles. The molecule has 4 rings (SSSR count). The number of carbonyl (C=O) groups excluding carboxylic acids is 1. The van der Waals surface area contributed by atoms with Gasteiger partial charge in [0.25, 0.3) is 0 Å². The van der Waals surface area contributed by atoms with Crippen LogP contribution in [-0.4, -0.2) is 21.4 Å². The molecule has 1 aromatic heterocycles. The maximum Gasteiger partial charge on any atom is 0.235 e. The molecule has 0 unspecified atom stereocenters. The van der Waals surface area contributed by atoms with Gasteiger partial charge in [0.05, 0.1) is 22.7 Å². The standard InChI is InChI=1S/C19H22FN3OS/c1-12-17-18(13-7-9-14(20)10-8-13)25-11-16(24)21-19(17)23(22-12)15-5-3-2-4-6-15/h7-10,15,18H,2-6,11H2,1H3,(H,21,24)/t18-/m1/s1. The molecule has 1 N–H and O–H groups in total. The van der Waals surface area contributed by atoms with Crippen LogP contribution in [0.4, 0.5) is 10.2 Å². The van der Waals surface area contributed by atoms with Crippen molar-refractivity contribution < 1.29 is 9.18 Å². The van der Waals surface area contributed by atoms with Gasteiger partial charge in [0, 0.05) is 5.56 Å². The summed E-state index contributed by atoms with van der Waals surface area (Å²) >= 11 is 1.58. The molecule has 1 saturated carbocycles. The monoisotopic (exact) mass is 359 g/mol. The molecule has 2 aliphatic rings. The van der Waals surface area contributed by atoms with E-state index in [1.807, 2.05) is 23.7 Å². The quantitative estimate of drug-likeness (QED) is 0.852. The van der Waals surface area contributed by atoms with Gasteiger partial charge in [0.1, 0.15) is 11.6 Å². The fourth-order valence-corrected chi connectivity index (χ4v) is 5.09. The summed E-state index contributed by atoms with van der Waals surface area (Å²) in [6.45, 7) is 2.01. The lowest BCUT2D eigenvalue weighted by Gasteiger charge is -2.24. The number of carbonyl (C=O) groups is 1. The molecule has 2 heterocycles. The van der Waals surface area contributed by atoms with E-state index in [-0.39, 0.29) is 17.0 Å². The molecular weight excluding hydrogens is 337 g/mol. The molecule has 0 bridgehead atoms. The number of thioether (sulfide) groups is 1. The Morgan fingerprint density at radius 3 is 2.64 bits per heavy atom. The summed E-state index contributed by atoms with van der Waals surface area (Å²) in [5.41, 5.74) is 3.02. The molecule has 1 aliphatic carbocycles. The molecule has 1 fully saturated rings. The second-order valence-corrected chi connectivity index (χ2v) is 7.97. The van der Waals surface area contributed by atoms with Crippen molar-refractivity contribution in [3.05, 3.63) is 46.9 Å². The first-order valence-corrected chi connectivity index (χ1v) is 9.94. The predicted octanol–water partition coefficient (Wildman–Crippen LogP) is 4.61. The molecule has 0 saturated heterocycles. The normalized spacial score (nSPS) is 21.5. The average molecular weight is 359 g/mol. The second kappa shape index (κ2) is 6.83. The van der Waals surface area contributed by atoms with Gasteiger partial charge in [-0.05, 0) is 37.5 Å². The molecule has 2 aromatic rings. The van der Waals surface area contributed by atoms with Gasteiger partial charge < -0.3 is 5.32 Å². The minimum atomic E-state index is -0.244. The molecule has 0 spiro atoms. The van der Waals surface area contributed by atoms with Crippen molar-refractivity contribution in [2.75, 3.05) is 11.1 Å². The molecule has 0 radical (unpaired) electrons. The highest BCUT2D eigenvalue weighted by molar-refractivity contribution is 8.00. The van der Waals surface area contributed by atoms with Gasteiger partial charge in [-0.3, -0.25) is 4.79 Å². The minimum Gasteiger partial charge on any atom is -0.310 e. The highest BCUT2D eigenvalue weighted by atomic mass is 32.2. The number of aryl methyl sites for hydroxylation is 1. The van der Waals surface area contributed by atoms with Crippen LogP contribution in [-0.2, 0) is 4.79 Å². The minimum absolute atomic E-state index is 0.00724. The van der Waals surface area contributed by atoms with Crippen LogP contribution in [0.2, 0.25) is 0 Å². The van der Waals surface area contributed by atoms with E-state index in [2.05, 4.69) is 5.32 Å². The van der Waals surface area contributed by atoms with E-state index in [0.717, 1.165) is 35.5 Å². The zero-order valence-electron chi connectivity index (χ0n) is 14.3. The van der Waals surface area contributed by atoms with Crippen molar-refractivity contribution in [1.29, 1.82) is 0 Å².